The normalized spacial score (nSPS) is 38.5. The molecular weight excluding hydrogens is 248 g/mol. The first kappa shape index (κ1) is 12.9. The summed E-state index contributed by atoms with van der Waals surface area (Å²) >= 11 is 0. The van der Waals surface area contributed by atoms with Crippen LogP contribution in [-0.2, 0) is 12.8 Å². The maximum absolute atomic E-state index is 5.97. The summed E-state index contributed by atoms with van der Waals surface area (Å²) in [5, 5.41) is 3.15. The molecule has 1 aromatic rings. The van der Waals surface area contributed by atoms with E-state index < -0.39 is 0 Å². The Balaban J connectivity index is 1.47. The minimum Gasteiger partial charge on any atom is -0.446 e. The molecule has 4 aliphatic rings. The SMILES string of the molecule is CNCCc1ncc(CC23CC4CC(CC(C4)C2)C3)o1. The van der Waals surface area contributed by atoms with Crippen molar-refractivity contribution in [2.75, 3.05) is 13.6 Å². The smallest absolute Gasteiger partial charge is 0.195 e. The maximum Gasteiger partial charge on any atom is 0.195 e. The van der Waals surface area contributed by atoms with E-state index in [0.29, 0.717) is 5.41 Å². The van der Waals surface area contributed by atoms with Crippen molar-refractivity contribution < 1.29 is 4.42 Å². The first-order valence-electron chi connectivity index (χ1n) is 8.33. The molecule has 3 heteroatoms. The first-order chi connectivity index (χ1) is 9.75. The lowest BCUT2D eigenvalue weighted by Gasteiger charge is -2.56. The van der Waals surface area contributed by atoms with Gasteiger partial charge in [0.05, 0.1) is 6.20 Å². The van der Waals surface area contributed by atoms with Crippen molar-refractivity contribution in [3.8, 4) is 0 Å². The minimum atomic E-state index is 0.564. The van der Waals surface area contributed by atoms with Gasteiger partial charge in [-0.25, -0.2) is 4.98 Å². The number of hydrogen-bond acceptors (Lipinski definition) is 3. The number of rotatable bonds is 5. The van der Waals surface area contributed by atoms with Crippen molar-refractivity contribution in [3.63, 3.8) is 0 Å². The lowest BCUT2D eigenvalue weighted by Crippen LogP contribution is -2.46. The van der Waals surface area contributed by atoms with Crippen LogP contribution in [0.1, 0.15) is 50.2 Å². The zero-order chi connectivity index (χ0) is 13.6. The summed E-state index contributed by atoms with van der Waals surface area (Å²) in [6.07, 6.45) is 12.9. The molecule has 4 bridgehead atoms. The maximum atomic E-state index is 5.97. The van der Waals surface area contributed by atoms with Crippen LogP contribution in [0.5, 0.6) is 0 Å². The van der Waals surface area contributed by atoms with Gasteiger partial charge in [0.25, 0.3) is 0 Å². The molecular formula is C17H26N2O. The van der Waals surface area contributed by atoms with Crippen LogP contribution in [0.2, 0.25) is 0 Å². The average Bonchev–Trinajstić information content (AvgIpc) is 2.81. The van der Waals surface area contributed by atoms with E-state index >= 15 is 0 Å². The Morgan fingerprint density at radius 2 is 1.85 bits per heavy atom. The highest BCUT2D eigenvalue weighted by Crippen LogP contribution is 2.61. The van der Waals surface area contributed by atoms with E-state index in [1.807, 2.05) is 13.2 Å². The monoisotopic (exact) mass is 274 g/mol. The lowest BCUT2D eigenvalue weighted by atomic mass is 9.49. The Morgan fingerprint density at radius 3 is 2.45 bits per heavy atom. The second-order valence-corrected chi connectivity index (χ2v) is 7.67. The van der Waals surface area contributed by atoms with Crippen LogP contribution in [0, 0.1) is 23.2 Å². The van der Waals surface area contributed by atoms with E-state index in [-0.39, 0.29) is 0 Å². The summed E-state index contributed by atoms with van der Waals surface area (Å²) in [7, 11) is 1.97. The molecule has 4 aliphatic carbocycles. The van der Waals surface area contributed by atoms with Gasteiger partial charge < -0.3 is 9.73 Å². The number of nitrogens with zero attached hydrogens (tertiary/aromatic N) is 1. The Labute approximate surface area is 121 Å². The van der Waals surface area contributed by atoms with Crippen LogP contribution in [0.4, 0.5) is 0 Å². The number of hydrogen-bond donors (Lipinski definition) is 1. The van der Waals surface area contributed by atoms with Gasteiger partial charge in [-0.05, 0) is 68.7 Å². The molecule has 0 spiro atoms. The predicted molar refractivity (Wildman–Crippen MR) is 78.4 cm³/mol. The summed E-state index contributed by atoms with van der Waals surface area (Å²) in [5.74, 6) is 5.10. The molecule has 3 nitrogen and oxygen atoms in total. The number of likely N-dealkylation sites (N-methyl/N-ethyl adjacent to an activating group) is 1. The molecule has 1 heterocycles. The van der Waals surface area contributed by atoms with E-state index in [2.05, 4.69) is 10.3 Å². The topological polar surface area (TPSA) is 38.1 Å². The van der Waals surface area contributed by atoms with E-state index in [0.717, 1.165) is 48.8 Å². The molecule has 110 valence electrons. The van der Waals surface area contributed by atoms with Crippen molar-refractivity contribution in [3.05, 3.63) is 17.8 Å². The first-order valence-corrected chi connectivity index (χ1v) is 8.33. The molecule has 1 N–H and O–H groups in total. The van der Waals surface area contributed by atoms with Gasteiger partial charge in [0, 0.05) is 19.4 Å². The fourth-order valence-electron chi connectivity index (χ4n) is 5.65. The van der Waals surface area contributed by atoms with Gasteiger partial charge in [0.15, 0.2) is 5.89 Å². The third-order valence-corrected chi connectivity index (χ3v) is 5.90. The number of oxazole rings is 1. The van der Waals surface area contributed by atoms with Crippen molar-refractivity contribution in [1.29, 1.82) is 0 Å². The second-order valence-electron chi connectivity index (χ2n) is 7.67. The predicted octanol–water partition coefficient (Wildman–Crippen LogP) is 3.20. The van der Waals surface area contributed by atoms with Crippen LogP contribution in [0.15, 0.2) is 10.6 Å². The van der Waals surface area contributed by atoms with Crippen molar-refractivity contribution in [1.82, 2.24) is 10.3 Å². The third-order valence-electron chi connectivity index (χ3n) is 5.90. The Kier molecular flexibility index (Phi) is 3.13. The van der Waals surface area contributed by atoms with Crippen LogP contribution in [0.3, 0.4) is 0 Å². The molecule has 0 saturated heterocycles. The molecule has 4 fully saturated rings. The highest BCUT2D eigenvalue weighted by atomic mass is 16.4. The van der Waals surface area contributed by atoms with Crippen molar-refractivity contribution >= 4 is 0 Å². The van der Waals surface area contributed by atoms with Crippen LogP contribution in [0.25, 0.3) is 0 Å². The van der Waals surface area contributed by atoms with Gasteiger partial charge in [-0.1, -0.05) is 0 Å². The van der Waals surface area contributed by atoms with E-state index in [9.17, 15) is 0 Å². The van der Waals surface area contributed by atoms with E-state index in [4.69, 9.17) is 4.42 Å². The standard InChI is InChI=1S/C17H26N2O/c1-18-3-2-16-19-11-15(20-16)10-17-7-12-4-13(8-17)6-14(5-12)9-17/h11-14,18H,2-10H2,1H3. The second kappa shape index (κ2) is 4.87. The molecule has 1 aromatic heterocycles. The summed E-state index contributed by atoms with van der Waals surface area (Å²) in [4.78, 5) is 4.45. The van der Waals surface area contributed by atoms with E-state index in [1.54, 1.807) is 0 Å². The summed E-state index contributed by atoms with van der Waals surface area (Å²) in [6, 6.07) is 0. The third kappa shape index (κ3) is 2.30. The minimum absolute atomic E-state index is 0.564. The fraction of sp³-hybridized carbons (Fsp3) is 0.824. The summed E-state index contributed by atoms with van der Waals surface area (Å²) in [5.41, 5.74) is 0.564. The Morgan fingerprint density at radius 1 is 1.20 bits per heavy atom. The van der Waals surface area contributed by atoms with Crippen molar-refractivity contribution in [2.45, 2.75) is 51.4 Å². The highest BCUT2D eigenvalue weighted by molar-refractivity contribution is 5.07. The summed E-state index contributed by atoms with van der Waals surface area (Å²) < 4.78 is 5.97. The highest BCUT2D eigenvalue weighted by Gasteiger charge is 2.51. The van der Waals surface area contributed by atoms with Gasteiger partial charge in [0.2, 0.25) is 0 Å². The molecule has 0 amide bonds. The van der Waals surface area contributed by atoms with Gasteiger partial charge in [-0.2, -0.15) is 0 Å². The Hall–Kier alpha value is -0.830. The number of aromatic nitrogens is 1. The molecule has 5 rings (SSSR count). The van der Waals surface area contributed by atoms with Gasteiger partial charge in [-0.3, -0.25) is 0 Å². The molecule has 20 heavy (non-hydrogen) atoms. The number of nitrogens with one attached hydrogen (secondary N) is 1. The molecule has 4 saturated carbocycles. The summed E-state index contributed by atoms with van der Waals surface area (Å²) in [6.45, 7) is 0.942. The average molecular weight is 274 g/mol. The van der Waals surface area contributed by atoms with Gasteiger partial charge >= 0.3 is 0 Å². The largest absolute Gasteiger partial charge is 0.446 e. The molecule has 0 aliphatic heterocycles. The Bertz CT molecular complexity index is 444. The van der Waals surface area contributed by atoms with E-state index in [1.165, 1.54) is 38.5 Å². The molecule has 0 radical (unpaired) electrons. The zero-order valence-corrected chi connectivity index (χ0v) is 12.5. The lowest BCUT2D eigenvalue weighted by molar-refractivity contribution is -0.0545. The molecule has 0 atom stereocenters. The quantitative estimate of drug-likeness (QED) is 0.896. The van der Waals surface area contributed by atoms with Crippen LogP contribution in [-0.4, -0.2) is 18.6 Å². The van der Waals surface area contributed by atoms with Crippen LogP contribution < -0.4 is 5.32 Å². The molecule has 0 unspecified atom stereocenters. The van der Waals surface area contributed by atoms with Crippen LogP contribution >= 0.6 is 0 Å². The van der Waals surface area contributed by atoms with Gasteiger partial charge in [-0.15, -0.1) is 0 Å². The molecule has 0 aromatic carbocycles. The fourth-order valence-corrected chi connectivity index (χ4v) is 5.65. The zero-order valence-electron chi connectivity index (χ0n) is 12.5. The van der Waals surface area contributed by atoms with Gasteiger partial charge in [0.1, 0.15) is 5.76 Å². The van der Waals surface area contributed by atoms with Crippen molar-refractivity contribution in [2.24, 2.45) is 23.2 Å².